The molecule has 0 unspecified atom stereocenters. The van der Waals surface area contributed by atoms with Crippen molar-refractivity contribution in [3.63, 3.8) is 0 Å². The zero-order valence-corrected chi connectivity index (χ0v) is 17.0. The van der Waals surface area contributed by atoms with Crippen LogP contribution < -0.4 is 10.6 Å². The number of H-pyrrole nitrogens is 1. The van der Waals surface area contributed by atoms with Gasteiger partial charge in [0, 0.05) is 29.3 Å². The molecule has 148 valence electrons. The molecule has 2 aromatic heterocycles. The van der Waals surface area contributed by atoms with Gasteiger partial charge >= 0.3 is 0 Å². The molecule has 0 amide bonds. The van der Waals surface area contributed by atoms with E-state index in [-0.39, 0.29) is 5.41 Å². The molecule has 29 heavy (non-hydrogen) atoms. The molecule has 0 aliphatic carbocycles. The van der Waals surface area contributed by atoms with E-state index >= 15 is 0 Å². The molecule has 0 bridgehead atoms. The molecule has 0 saturated heterocycles. The van der Waals surface area contributed by atoms with E-state index in [4.69, 9.17) is 0 Å². The lowest BCUT2D eigenvalue weighted by Crippen LogP contribution is -2.11. The van der Waals surface area contributed by atoms with E-state index < -0.39 is 0 Å². The van der Waals surface area contributed by atoms with Crippen LogP contribution in [-0.2, 0) is 11.8 Å². The summed E-state index contributed by atoms with van der Waals surface area (Å²) in [6, 6.07) is 16.7. The second kappa shape index (κ2) is 7.91. The molecular formula is C23H26N6. The maximum atomic E-state index is 4.52. The van der Waals surface area contributed by atoms with E-state index in [1.165, 1.54) is 16.5 Å². The zero-order valence-electron chi connectivity index (χ0n) is 17.0. The van der Waals surface area contributed by atoms with Gasteiger partial charge in [0.2, 0.25) is 5.95 Å². The van der Waals surface area contributed by atoms with Crippen LogP contribution in [0.4, 0.5) is 17.5 Å². The van der Waals surface area contributed by atoms with Gasteiger partial charge in [-0.15, -0.1) is 5.10 Å². The smallest absolute Gasteiger partial charge is 0.244 e. The van der Waals surface area contributed by atoms with Crippen molar-refractivity contribution in [1.82, 2.24) is 20.2 Å². The highest BCUT2D eigenvalue weighted by molar-refractivity contribution is 5.83. The van der Waals surface area contributed by atoms with E-state index in [0.717, 1.165) is 24.2 Å². The van der Waals surface area contributed by atoms with E-state index in [9.17, 15) is 0 Å². The third kappa shape index (κ3) is 4.54. The first kappa shape index (κ1) is 18.9. The van der Waals surface area contributed by atoms with Crippen LogP contribution in [0.5, 0.6) is 0 Å². The number of benzene rings is 2. The Labute approximate surface area is 170 Å². The molecule has 6 nitrogen and oxygen atoms in total. The van der Waals surface area contributed by atoms with Crippen LogP contribution >= 0.6 is 0 Å². The normalized spacial score (nSPS) is 11.6. The van der Waals surface area contributed by atoms with Gasteiger partial charge in [-0.25, -0.2) is 0 Å². The van der Waals surface area contributed by atoms with Crippen LogP contribution in [0.2, 0.25) is 0 Å². The molecule has 3 N–H and O–H groups in total. The Morgan fingerprint density at radius 3 is 2.59 bits per heavy atom. The molecule has 0 radical (unpaired) electrons. The Kier molecular flexibility index (Phi) is 5.16. The van der Waals surface area contributed by atoms with E-state index in [1.807, 2.05) is 6.07 Å². The molecule has 0 spiro atoms. The molecule has 2 aromatic carbocycles. The minimum Gasteiger partial charge on any atom is -0.361 e. The highest BCUT2D eigenvalue weighted by atomic mass is 15.3. The molecule has 4 aromatic rings. The van der Waals surface area contributed by atoms with Crippen molar-refractivity contribution >= 4 is 28.4 Å². The number of hydrogen-bond donors (Lipinski definition) is 3. The summed E-state index contributed by atoms with van der Waals surface area (Å²) in [5.41, 5.74) is 4.83. The number of fused-ring (bicyclic) bond motifs is 1. The van der Waals surface area contributed by atoms with Crippen molar-refractivity contribution in [2.24, 2.45) is 0 Å². The highest BCUT2D eigenvalue weighted by Crippen LogP contribution is 2.24. The molecule has 0 saturated carbocycles. The van der Waals surface area contributed by atoms with Gasteiger partial charge in [-0.3, -0.25) is 0 Å². The van der Waals surface area contributed by atoms with Crippen LogP contribution in [0.1, 0.15) is 31.9 Å². The molecule has 2 heterocycles. The SMILES string of the molecule is CC(C)(C)c1ccc(Nc2cnnc(NCCc3c[nH]c4ccccc34)n2)cc1. The first-order chi connectivity index (χ1) is 14.0. The van der Waals surface area contributed by atoms with Crippen molar-refractivity contribution in [3.05, 3.63) is 72.1 Å². The Morgan fingerprint density at radius 1 is 1.00 bits per heavy atom. The van der Waals surface area contributed by atoms with Crippen LogP contribution in [-0.4, -0.2) is 26.7 Å². The Hall–Kier alpha value is -3.41. The first-order valence-electron chi connectivity index (χ1n) is 9.85. The van der Waals surface area contributed by atoms with Crippen LogP contribution in [0.25, 0.3) is 10.9 Å². The third-order valence-corrected chi connectivity index (χ3v) is 4.93. The summed E-state index contributed by atoms with van der Waals surface area (Å²) in [5.74, 6) is 1.18. The number of aromatic amines is 1. The van der Waals surface area contributed by atoms with Gasteiger partial charge in [0.15, 0.2) is 5.82 Å². The monoisotopic (exact) mass is 386 g/mol. The number of para-hydroxylation sites is 1. The quantitative estimate of drug-likeness (QED) is 0.432. The highest BCUT2D eigenvalue weighted by Gasteiger charge is 2.13. The lowest BCUT2D eigenvalue weighted by atomic mass is 9.87. The summed E-state index contributed by atoms with van der Waals surface area (Å²) in [5, 5.41) is 16.0. The number of anilines is 3. The summed E-state index contributed by atoms with van der Waals surface area (Å²) in [6.45, 7) is 7.35. The fraction of sp³-hybridized carbons (Fsp3) is 0.261. The minimum atomic E-state index is 0.136. The number of rotatable bonds is 6. The number of nitrogens with zero attached hydrogens (tertiary/aromatic N) is 3. The standard InChI is InChI=1S/C23H26N6/c1-23(2,3)17-8-10-18(11-9-17)27-21-15-26-29-22(28-21)24-13-12-16-14-25-20-7-5-4-6-19(16)20/h4-11,14-15,25H,12-13H2,1-3H3,(H2,24,27,28,29). The lowest BCUT2D eigenvalue weighted by Gasteiger charge is -2.19. The van der Waals surface area contributed by atoms with Gasteiger partial charge in [0.25, 0.3) is 0 Å². The molecule has 4 rings (SSSR count). The number of hydrogen-bond acceptors (Lipinski definition) is 5. The predicted octanol–water partition coefficient (Wildman–Crippen LogP) is 5.05. The summed E-state index contributed by atoms with van der Waals surface area (Å²) < 4.78 is 0. The lowest BCUT2D eigenvalue weighted by molar-refractivity contribution is 0.590. The minimum absolute atomic E-state index is 0.136. The summed E-state index contributed by atoms with van der Waals surface area (Å²) in [4.78, 5) is 7.82. The second-order valence-corrected chi connectivity index (χ2v) is 8.15. The Bertz CT molecular complexity index is 1090. The van der Waals surface area contributed by atoms with Crippen LogP contribution in [0.15, 0.2) is 60.9 Å². The van der Waals surface area contributed by atoms with Gasteiger partial charge in [-0.05, 0) is 41.2 Å². The van der Waals surface area contributed by atoms with Gasteiger partial charge in [-0.1, -0.05) is 51.1 Å². The van der Waals surface area contributed by atoms with E-state index in [2.05, 4.69) is 100 Å². The Morgan fingerprint density at radius 2 is 1.79 bits per heavy atom. The largest absolute Gasteiger partial charge is 0.361 e. The Balaban J connectivity index is 1.37. The van der Waals surface area contributed by atoms with Crippen molar-refractivity contribution in [2.75, 3.05) is 17.2 Å². The zero-order chi connectivity index (χ0) is 20.3. The van der Waals surface area contributed by atoms with E-state index in [1.54, 1.807) is 6.20 Å². The van der Waals surface area contributed by atoms with Crippen LogP contribution in [0, 0.1) is 0 Å². The fourth-order valence-electron chi connectivity index (χ4n) is 3.29. The average Bonchev–Trinajstić information content (AvgIpc) is 3.11. The molecule has 0 aliphatic rings. The van der Waals surface area contributed by atoms with Crippen molar-refractivity contribution in [2.45, 2.75) is 32.6 Å². The molecule has 0 atom stereocenters. The molecular weight excluding hydrogens is 360 g/mol. The molecule has 6 heteroatoms. The second-order valence-electron chi connectivity index (χ2n) is 8.15. The maximum absolute atomic E-state index is 4.52. The average molecular weight is 387 g/mol. The van der Waals surface area contributed by atoms with Gasteiger partial charge in [-0.2, -0.15) is 10.1 Å². The number of nitrogens with one attached hydrogen (secondary N) is 3. The topological polar surface area (TPSA) is 78.5 Å². The summed E-state index contributed by atoms with van der Waals surface area (Å²) in [7, 11) is 0. The van der Waals surface area contributed by atoms with Crippen LogP contribution in [0.3, 0.4) is 0 Å². The predicted molar refractivity (Wildman–Crippen MR) is 119 cm³/mol. The van der Waals surface area contributed by atoms with Crippen molar-refractivity contribution < 1.29 is 0 Å². The molecule has 0 aliphatic heterocycles. The van der Waals surface area contributed by atoms with Crippen molar-refractivity contribution in [3.8, 4) is 0 Å². The van der Waals surface area contributed by atoms with Gasteiger partial charge in [0.05, 0.1) is 6.20 Å². The van der Waals surface area contributed by atoms with E-state index in [0.29, 0.717) is 11.8 Å². The third-order valence-electron chi connectivity index (χ3n) is 4.93. The fourth-order valence-corrected chi connectivity index (χ4v) is 3.29. The van der Waals surface area contributed by atoms with Crippen molar-refractivity contribution in [1.29, 1.82) is 0 Å². The number of aromatic nitrogens is 4. The summed E-state index contributed by atoms with van der Waals surface area (Å²) >= 11 is 0. The maximum Gasteiger partial charge on any atom is 0.244 e. The summed E-state index contributed by atoms with van der Waals surface area (Å²) in [6.07, 6.45) is 4.56. The van der Waals surface area contributed by atoms with Gasteiger partial charge < -0.3 is 15.6 Å². The first-order valence-corrected chi connectivity index (χ1v) is 9.85. The molecule has 0 fully saturated rings. The van der Waals surface area contributed by atoms with Gasteiger partial charge in [0.1, 0.15) is 0 Å².